The van der Waals surface area contributed by atoms with E-state index in [0.717, 1.165) is 21.9 Å². The van der Waals surface area contributed by atoms with E-state index in [0.29, 0.717) is 23.6 Å². The minimum absolute atomic E-state index is 0.0782. The molecule has 7 nitrogen and oxygen atoms in total. The Morgan fingerprint density at radius 2 is 1.74 bits per heavy atom. The highest BCUT2D eigenvalue weighted by Crippen LogP contribution is 2.30. The predicted molar refractivity (Wildman–Crippen MR) is 135 cm³/mol. The molecule has 5 rings (SSSR count). The van der Waals surface area contributed by atoms with Crippen molar-refractivity contribution in [2.45, 2.75) is 6.61 Å². The molecule has 0 spiro atoms. The summed E-state index contributed by atoms with van der Waals surface area (Å²) in [7, 11) is 0. The number of nitrogens with one attached hydrogen (secondary N) is 2. The van der Waals surface area contributed by atoms with Crippen LogP contribution in [0.5, 0.6) is 11.5 Å². The first kappa shape index (κ1) is 21.9. The quantitative estimate of drug-likeness (QED) is 0.226. The number of fused-ring (bicyclic) bond motifs is 1. The number of carbonyl (C=O) groups is 1. The van der Waals surface area contributed by atoms with Gasteiger partial charge < -0.3 is 9.84 Å². The molecule has 0 saturated carbocycles. The second kappa shape index (κ2) is 9.93. The van der Waals surface area contributed by atoms with Gasteiger partial charge in [-0.15, -0.1) is 0 Å². The molecule has 0 atom stereocenters. The van der Waals surface area contributed by atoms with Crippen LogP contribution in [0.2, 0.25) is 0 Å². The van der Waals surface area contributed by atoms with Gasteiger partial charge in [0.05, 0.1) is 11.9 Å². The number of para-hydroxylation sites is 2. The van der Waals surface area contributed by atoms with E-state index >= 15 is 0 Å². The lowest BCUT2D eigenvalue weighted by atomic mass is 10.1. The fraction of sp³-hybridized carbons (Fsp3) is 0.0357. The van der Waals surface area contributed by atoms with Gasteiger partial charge in [0, 0.05) is 11.1 Å². The number of carbonyl (C=O) groups excluding carboxylic acids is 1. The Morgan fingerprint density at radius 3 is 2.66 bits per heavy atom. The first-order chi connectivity index (χ1) is 17.2. The monoisotopic (exact) mass is 462 g/mol. The molecular formula is C28H22N4O3. The maximum atomic E-state index is 12.5. The molecule has 172 valence electrons. The fourth-order valence-electron chi connectivity index (χ4n) is 3.77. The molecule has 35 heavy (non-hydrogen) atoms. The molecule has 4 aromatic carbocycles. The van der Waals surface area contributed by atoms with E-state index in [2.05, 4.69) is 45.0 Å². The van der Waals surface area contributed by atoms with Crippen LogP contribution in [0.25, 0.3) is 22.0 Å². The molecule has 1 amide bonds. The summed E-state index contributed by atoms with van der Waals surface area (Å²) in [6, 6.07) is 30.3. The number of benzene rings is 4. The van der Waals surface area contributed by atoms with Crippen molar-refractivity contribution in [3.8, 4) is 22.8 Å². The van der Waals surface area contributed by atoms with Gasteiger partial charge in [0.1, 0.15) is 23.8 Å². The topological polar surface area (TPSA) is 99.6 Å². The Balaban J connectivity index is 1.30. The highest BCUT2D eigenvalue weighted by atomic mass is 16.5. The molecule has 7 heteroatoms. The molecule has 0 saturated heterocycles. The number of rotatable bonds is 7. The van der Waals surface area contributed by atoms with Crippen LogP contribution in [0.3, 0.4) is 0 Å². The molecule has 0 unspecified atom stereocenters. The van der Waals surface area contributed by atoms with E-state index in [9.17, 15) is 9.90 Å². The van der Waals surface area contributed by atoms with E-state index in [-0.39, 0.29) is 11.4 Å². The average Bonchev–Trinajstić information content (AvgIpc) is 3.39. The summed E-state index contributed by atoms with van der Waals surface area (Å²) in [6.07, 6.45) is 1.38. The summed E-state index contributed by atoms with van der Waals surface area (Å²) in [5, 5.41) is 23.0. The van der Waals surface area contributed by atoms with E-state index in [1.807, 2.05) is 42.5 Å². The van der Waals surface area contributed by atoms with Crippen molar-refractivity contribution in [3.63, 3.8) is 0 Å². The van der Waals surface area contributed by atoms with Gasteiger partial charge in [-0.25, -0.2) is 5.43 Å². The Labute approximate surface area is 201 Å². The second-order valence-corrected chi connectivity index (χ2v) is 7.85. The Bertz CT molecular complexity index is 1520. The van der Waals surface area contributed by atoms with Crippen molar-refractivity contribution in [2.75, 3.05) is 0 Å². The van der Waals surface area contributed by atoms with Crippen molar-refractivity contribution in [1.82, 2.24) is 15.6 Å². The third kappa shape index (κ3) is 4.89. The standard InChI is InChI=1S/C28H22N4O3/c33-26-14-5-2-9-20(26)17-29-32-28(34)25-16-24(30-31-25)23-13-4-6-15-27(23)35-18-21-11-7-10-19-8-1-3-12-22(19)21/h1-17,33H,18H2,(H,30,31)(H,32,34)/b29-17+. The average molecular weight is 463 g/mol. The van der Waals surface area contributed by atoms with Crippen LogP contribution in [0.1, 0.15) is 21.6 Å². The van der Waals surface area contributed by atoms with Gasteiger partial charge in [-0.05, 0) is 46.7 Å². The SMILES string of the molecule is O=C(N/N=C/c1ccccc1O)c1cc(-c2ccccc2OCc2cccc3ccccc23)n[nH]1. The number of ether oxygens (including phenoxy) is 1. The zero-order valence-electron chi connectivity index (χ0n) is 18.7. The number of aromatic amines is 1. The normalized spacial score (nSPS) is 11.1. The van der Waals surface area contributed by atoms with Crippen LogP contribution in [0.4, 0.5) is 0 Å². The lowest BCUT2D eigenvalue weighted by molar-refractivity contribution is 0.0950. The number of hydrogen-bond acceptors (Lipinski definition) is 5. The van der Waals surface area contributed by atoms with Crippen LogP contribution in [0, 0.1) is 0 Å². The summed E-state index contributed by atoms with van der Waals surface area (Å²) in [6.45, 7) is 0.400. The highest BCUT2D eigenvalue weighted by Gasteiger charge is 2.14. The van der Waals surface area contributed by atoms with Gasteiger partial charge >= 0.3 is 0 Å². The minimum Gasteiger partial charge on any atom is -0.507 e. The molecule has 0 bridgehead atoms. The summed E-state index contributed by atoms with van der Waals surface area (Å²) in [4.78, 5) is 12.5. The lowest BCUT2D eigenvalue weighted by Gasteiger charge is -2.12. The molecular weight excluding hydrogens is 440 g/mol. The van der Waals surface area contributed by atoms with Crippen molar-refractivity contribution in [3.05, 3.63) is 114 Å². The Kier molecular flexibility index (Phi) is 6.21. The minimum atomic E-state index is -0.454. The van der Waals surface area contributed by atoms with E-state index in [1.54, 1.807) is 30.3 Å². The van der Waals surface area contributed by atoms with Crippen molar-refractivity contribution < 1.29 is 14.6 Å². The van der Waals surface area contributed by atoms with Gasteiger partial charge in [-0.2, -0.15) is 10.2 Å². The third-order valence-electron chi connectivity index (χ3n) is 5.56. The van der Waals surface area contributed by atoms with E-state index in [4.69, 9.17) is 4.74 Å². The molecule has 0 aliphatic rings. The van der Waals surface area contributed by atoms with E-state index < -0.39 is 5.91 Å². The van der Waals surface area contributed by atoms with E-state index in [1.165, 1.54) is 6.21 Å². The summed E-state index contributed by atoms with van der Waals surface area (Å²) in [5.74, 6) is 0.287. The van der Waals surface area contributed by atoms with Crippen molar-refractivity contribution in [2.24, 2.45) is 5.10 Å². The summed E-state index contributed by atoms with van der Waals surface area (Å²) >= 11 is 0. The number of amides is 1. The second-order valence-electron chi connectivity index (χ2n) is 7.85. The number of hydrogen-bond donors (Lipinski definition) is 3. The van der Waals surface area contributed by atoms with Crippen molar-refractivity contribution >= 4 is 22.9 Å². The fourth-order valence-corrected chi connectivity index (χ4v) is 3.77. The van der Waals surface area contributed by atoms with Gasteiger partial charge in [0.25, 0.3) is 5.91 Å². The maximum absolute atomic E-state index is 12.5. The summed E-state index contributed by atoms with van der Waals surface area (Å²) in [5.41, 5.74) is 5.61. The first-order valence-corrected chi connectivity index (χ1v) is 11.0. The molecule has 3 N–H and O–H groups in total. The summed E-state index contributed by atoms with van der Waals surface area (Å²) < 4.78 is 6.18. The van der Waals surface area contributed by atoms with Crippen LogP contribution in [-0.4, -0.2) is 27.4 Å². The molecule has 5 aromatic rings. The number of aromatic nitrogens is 2. The lowest BCUT2D eigenvalue weighted by Crippen LogP contribution is -2.18. The largest absolute Gasteiger partial charge is 0.507 e. The zero-order valence-corrected chi connectivity index (χ0v) is 18.7. The van der Waals surface area contributed by atoms with Crippen LogP contribution in [-0.2, 0) is 6.61 Å². The first-order valence-electron chi connectivity index (χ1n) is 11.0. The maximum Gasteiger partial charge on any atom is 0.289 e. The third-order valence-corrected chi connectivity index (χ3v) is 5.56. The number of phenolic OH excluding ortho intramolecular Hbond substituents is 1. The number of aromatic hydroxyl groups is 1. The van der Waals surface area contributed by atoms with Gasteiger partial charge in [0.15, 0.2) is 0 Å². The predicted octanol–water partition coefficient (Wildman–Crippen LogP) is 5.28. The van der Waals surface area contributed by atoms with Gasteiger partial charge in [-0.3, -0.25) is 9.89 Å². The molecule has 1 heterocycles. The number of nitrogens with zero attached hydrogens (tertiary/aromatic N) is 2. The van der Waals surface area contributed by atoms with Crippen LogP contribution >= 0.6 is 0 Å². The van der Waals surface area contributed by atoms with Crippen LogP contribution in [0.15, 0.2) is 102 Å². The van der Waals surface area contributed by atoms with Crippen molar-refractivity contribution in [1.29, 1.82) is 0 Å². The number of phenols is 1. The van der Waals surface area contributed by atoms with Crippen LogP contribution < -0.4 is 10.2 Å². The highest BCUT2D eigenvalue weighted by molar-refractivity contribution is 5.94. The molecule has 0 fully saturated rings. The zero-order chi connectivity index (χ0) is 24.0. The molecule has 0 aliphatic heterocycles. The Morgan fingerprint density at radius 1 is 0.971 bits per heavy atom. The van der Waals surface area contributed by atoms with Gasteiger partial charge in [0.2, 0.25) is 0 Å². The number of hydrazone groups is 1. The molecule has 0 aliphatic carbocycles. The smallest absolute Gasteiger partial charge is 0.289 e. The Hall–Kier alpha value is -4.91. The molecule has 1 aromatic heterocycles. The number of H-pyrrole nitrogens is 1. The molecule has 0 radical (unpaired) electrons. The van der Waals surface area contributed by atoms with Gasteiger partial charge in [-0.1, -0.05) is 66.7 Å².